The number of hydrogen-bond acceptors (Lipinski definition) is 3. The van der Waals surface area contributed by atoms with Crippen LogP contribution in [0.5, 0.6) is 0 Å². The molecular weight excluding hydrogens is 238 g/mol. The van der Waals surface area contributed by atoms with Crippen LogP contribution >= 0.6 is 0 Å². The molecule has 1 aromatic rings. The molecule has 0 amide bonds. The molecular formula is C16H23NO2. The molecule has 1 rings (SSSR count). The number of anilines is 1. The first-order valence-corrected chi connectivity index (χ1v) is 6.78. The number of esters is 1. The Balaban J connectivity index is 2.85. The number of para-hydroxylation sites is 1. The molecule has 0 fully saturated rings. The van der Waals surface area contributed by atoms with Gasteiger partial charge in [-0.2, -0.15) is 0 Å². The minimum Gasteiger partial charge on any atom is -0.460 e. The van der Waals surface area contributed by atoms with Gasteiger partial charge < -0.3 is 10.1 Å². The highest BCUT2D eigenvalue weighted by Gasteiger charge is 2.16. The Morgan fingerprint density at radius 1 is 1.37 bits per heavy atom. The van der Waals surface area contributed by atoms with Gasteiger partial charge in [0, 0.05) is 5.69 Å². The maximum atomic E-state index is 11.8. The predicted molar refractivity (Wildman–Crippen MR) is 79.4 cm³/mol. The summed E-state index contributed by atoms with van der Waals surface area (Å²) < 4.78 is 5.05. The first-order valence-electron chi connectivity index (χ1n) is 6.78. The van der Waals surface area contributed by atoms with Crippen molar-refractivity contribution in [1.82, 2.24) is 0 Å². The molecule has 19 heavy (non-hydrogen) atoms. The summed E-state index contributed by atoms with van der Waals surface area (Å²) in [6.07, 6.45) is 3.44. The summed E-state index contributed by atoms with van der Waals surface area (Å²) in [4.78, 5) is 11.8. The van der Waals surface area contributed by atoms with E-state index in [0.717, 1.165) is 18.5 Å². The van der Waals surface area contributed by atoms with Crippen LogP contribution in [-0.4, -0.2) is 18.6 Å². The van der Waals surface area contributed by atoms with Crippen molar-refractivity contribution in [2.45, 2.75) is 39.7 Å². The van der Waals surface area contributed by atoms with Crippen LogP contribution in [0.3, 0.4) is 0 Å². The molecule has 104 valence electrons. The van der Waals surface area contributed by atoms with E-state index in [0.29, 0.717) is 0 Å². The lowest BCUT2D eigenvalue weighted by molar-refractivity contribution is -0.142. The fourth-order valence-electron chi connectivity index (χ4n) is 1.97. The largest absolute Gasteiger partial charge is 0.460 e. The normalized spacial score (nSPS) is 11.7. The van der Waals surface area contributed by atoms with Crippen LogP contribution in [-0.2, 0) is 22.4 Å². The van der Waals surface area contributed by atoms with Gasteiger partial charge in [0.1, 0.15) is 12.6 Å². The van der Waals surface area contributed by atoms with Crippen LogP contribution in [0.25, 0.3) is 0 Å². The minimum atomic E-state index is -0.363. The van der Waals surface area contributed by atoms with Crippen molar-refractivity contribution in [3.63, 3.8) is 0 Å². The van der Waals surface area contributed by atoms with Gasteiger partial charge in [0.2, 0.25) is 0 Å². The molecule has 0 unspecified atom stereocenters. The topological polar surface area (TPSA) is 38.3 Å². The number of benzene rings is 1. The average Bonchev–Trinajstić information content (AvgIpc) is 2.44. The number of nitrogens with one attached hydrogen (secondary N) is 1. The number of ether oxygens (including phenoxy) is 1. The van der Waals surface area contributed by atoms with E-state index in [9.17, 15) is 4.79 Å². The zero-order valence-corrected chi connectivity index (χ0v) is 12.0. The molecule has 0 saturated heterocycles. The van der Waals surface area contributed by atoms with Gasteiger partial charge in [0.25, 0.3) is 0 Å². The molecule has 0 aliphatic carbocycles. The monoisotopic (exact) mass is 261 g/mol. The van der Waals surface area contributed by atoms with E-state index in [1.165, 1.54) is 11.1 Å². The van der Waals surface area contributed by atoms with Crippen LogP contribution in [0, 0.1) is 0 Å². The van der Waals surface area contributed by atoms with Gasteiger partial charge in [-0.3, -0.25) is 0 Å². The van der Waals surface area contributed by atoms with E-state index in [4.69, 9.17) is 4.74 Å². The van der Waals surface area contributed by atoms with Gasteiger partial charge in [0.15, 0.2) is 0 Å². The zero-order chi connectivity index (χ0) is 14.3. The molecule has 0 aromatic heterocycles. The number of carbonyl (C=O) groups is 1. The lowest BCUT2D eigenvalue weighted by atomic mass is 10.0. The highest BCUT2D eigenvalue weighted by atomic mass is 16.5. The molecule has 0 spiro atoms. The summed E-state index contributed by atoms with van der Waals surface area (Å²) in [5, 5.41) is 3.28. The SMILES string of the molecule is C=CCOC(=O)[C@H](C)Nc1c(CC)cccc1CC. The van der Waals surface area contributed by atoms with Gasteiger partial charge in [0.05, 0.1) is 0 Å². The molecule has 0 radical (unpaired) electrons. The molecule has 1 aromatic carbocycles. The lowest BCUT2D eigenvalue weighted by Crippen LogP contribution is -2.29. The van der Waals surface area contributed by atoms with Gasteiger partial charge >= 0.3 is 5.97 Å². The van der Waals surface area contributed by atoms with Crippen LogP contribution < -0.4 is 5.32 Å². The number of aryl methyl sites for hydroxylation is 2. The summed E-state index contributed by atoms with van der Waals surface area (Å²) in [5.74, 6) is -0.257. The maximum Gasteiger partial charge on any atom is 0.328 e. The van der Waals surface area contributed by atoms with E-state index in [2.05, 4.69) is 43.9 Å². The van der Waals surface area contributed by atoms with Gasteiger partial charge in [-0.15, -0.1) is 0 Å². The Morgan fingerprint density at radius 2 is 1.95 bits per heavy atom. The first-order chi connectivity index (χ1) is 9.13. The lowest BCUT2D eigenvalue weighted by Gasteiger charge is -2.19. The van der Waals surface area contributed by atoms with Gasteiger partial charge in [-0.05, 0) is 30.9 Å². The molecule has 0 heterocycles. The van der Waals surface area contributed by atoms with Crippen molar-refractivity contribution in [3.8, 4) is 0 Å². The third-order valence-electron chi connectivity index (χ3n) is 3.06. The second kappa shape index (κ2) is 7.62. The molecule has 1 atom stereocenters. The number of hydrogen-bond donors (Lipinski definition) is 1. The van der Waals surface area contributed by atoms with Crippen molar-refractivity contribution in [2.24, 2.45) is 0 Å². The van der Waals surface area contributed by atoms with Crippen LogP contribution in [0.2, 0.25) is 0 Å². The zero-order valence-electron chi connectivity index (χ0n) is 12.0. The fourth-order valence-corrected chi connectivity index (χ4v) is 1.97. The second-order valence-electron chi connectivity index (χ2n) is 4.44. The average molecular weight is 261 g/mol. The highest BCUT2D eigenvalue weighted by Crippen LogP contribution is 2.23. The van der Waals surface area contributed by atoms with E-state index in [1.54, 1.807) is 6.08 Å². The van der Waals surface area contributed by atoms with E-state index >= 15 is 0 Å². The third kappa shape index (κ3) is 4.12. The van der Waals surface area contributed by atoms with Crippen molar-refractivity contribution in [1.29, 1.82) is 0 Å². The molecule has 0 aliphatic rings. The summed E-state index contributed by atoms with van der Waals surface area (Å²) in [6, 6.07) is 5.87. The highest BCUT2D eigenvalue weighted by molar-refractivity contribution is 5.79. The minimum absolute atomic E-state index is 0.251. The maximum absolute atomic E-state index is 11.8. The second-order valence-corrected chi connectivity index (χ2v) is 4.44. The van der Waals surface area contributed by atoms with Gasteiger partial charge in [-0.25, -0.2) is 4.79 Å². The molecule has 0 bridgehead atoms. The Bertz CT molecular complexity index is 418. The third-order valence-corrected chi connectivity index (χ3v) is 3.06. The Labute approximate surface area is 115 Å². The van der Waals surface area contributed by atoms with Crippen molar-refractivity contribution in [2.75, 3.05) is 11.9 Å². The molecule has 1 N–H and O–H groups in total. The summed E-state index contributed by atoms with van der Waals surface area (Å²) >= 11 is 0. The predicted octanol–water partition coefficient (Wildman–Crippen LogP) is 3.34. The molecule has 3 nitrogen and oxygen atoms in total. The van der Waals surface area contributed by atoms with Crippen LogP contribution in [0.4, 0.5) is 5.69 Å². The first kappa shape index (κ1) is 15.3. The number of carbonyl (C=O) groups excluding carboxylic acids is 1. The van der Waals surface area contributed by atoms with Crippen molar-refractivity contribution >= 4 is 11.7 Å². The standard InChI is InChI=1S/C16H23NO2/c1-5-11-19-16(18)12(4)17-15-13(6-2)9-8-10-14(15)7-3/h5,8-10,12,17H,1,6-7,11H2,2-4H3/t12-/m0/s1. The van der Waals surface area contributed by atoms with E-state index < -0.39 is 0 Å². The molecule has 3 heteroatoms. The molecule has 0 aliphatic heterocycles. The van der Waals surface area contributed by atoms with Crippen molar-refractivity contribution < 1.29 is 9.53 Å². The van der Waals surface area contributed by atoms with Crippen molar-refractivity contribution in [3.05, 3.63) is 42.0 Å². The van der Waals surface area contributed by atoms with E-state index in [-0.39, 0.29) is 18.6 Å². The Kier molecular flexibility index (Phi) is 6.13. The smallest absolute Gasteiger partial charge is 0.328 e. The Hall–Kier alpha value is -1.77. The molecule has 0 saturated carbocycles. The summed E-state index contributed by atoms with van der Waals surface area (Å²) in [5.41, 5.74) is 3.51. The summed E-state index contributed by atoms with van der Waals surface area (Å²) in [7, 11) is 0. The quantitative estimate of drug-likeness (QED) is 0.604. The van der Waals surface area contributed by atoms with Gasteiger partial charge in [-0.1, -0.05) is 44.7 Å². The Morgan fingerprint density at radius 3 is 2.42 bits per heavy atom. The number of rotatable bonds is 7. The van der Waals surface area contributed by atoms with Crippen LogP contribution in [0.15, 0.2) is 30.9 Å². The summed E-state index contributed by atoms with van der Waals surface area (Å²) in [6.45, 7) is 9.82. The fraction of sp³-hybridized carbons (Fsp3) is 0.438. The van der Waals surface area contributed by atoms with Crippen LogP contribution in [0.1, 0.15) is 31.9 Å². The van der Waals surface area contributed by atoms with E-state index in [1.807, 2.05) is 6.92 Å².